The Bertz CT molecular complexity index is 511. The standard InChI is InChI=1S/C13H12INO2/c1-9-6-10(8-16)7-13(15-9)17-12-4-2-11(14)3-5-12/h2-7,16H,8H2,1H3. The van der Waals surface area contributed by atoms with Crippen LogP contribution in [0.15, 0.2) is 36.4 Å². The molecule has 0 unspecified atom stereocenters. The van der Waals surface area contributed by atoms with Crippen LogP contribution < -0.4 is 4.74 Å². The van der Waals surface area contributed by atoms with E-state index in [1.54, 1.807) is 6.07 Å². The van der Waals surface area contributed by atoms with Crippen LogP contribution in [0.5, 0.6) is 11.6 Å². The van der Waals surface area contributed by atoms with E-state index in [9.17, 15) is 0 Å². The van der Waals surface area contributed by atoms with Crippen molar-refractivity contribution in [3.05, 3.63) is 51.2 Å². The van der Waals surface area contributed by atoms with Gasteiger partial charge in [0.1, 0.15) is 5.75 Å². The van der Waals surface area contributed by atoms with Gasteiger partial charge in [-0.3, -0.25) is 0 Å². The molecule has 1 aromatic heterocycles. The van der Waals surface area contributed by atoms with Crippen LogP contribution in [0.2, 0.25) is 0 Å². The summed E-state index contributed by atoms with van der Waals surface area (Å²) in [6.07, 6.45) is 0. The van der Waals surface area contributed by atoms with E-state index < -0.39 is 0 Å². The number of benzene rings is 1. The van der Waals surface area contributed by atoms with Crippen LogP contribution in [-0.4, -0.2) is 10.1 Å². The average molecular weight is 341 g/mol. The molecule has 2 rings (SSSR count). The third-order valence-electron chi connectivity index (χ3n) is 2.21. The number of ether oxygens (including phenoxy) is 1. The Kier molecular flexibility index (Phi) is 3.96. The maximum Gasteiger partial charge on any atom is 0.219 e. The summed E-state index contributed by atoms with van der Waals surface area (Å²) in [5, 5.41) is 9.10. The Hall–Kier alpha value is -1.14. The van der Waals surface area contributed by atoms with Crippen molar-refractivity contribution >= 4 is 22.6 Å². The highest BCUT2D eigenvalue weighted by Gasteiger charge is 2.02. The lowest BCUT2D eigenvalue weighted by atomic mass is 10.2. The molecule has 0 aliphatic rings. The van der Waals surface area contributed by atoms with Crippen molar-refractivity contribution in [1.29, 1.82) is 0 Å². The molecule has 17 heavy (non-hydrogen) atoms. The molecular weight excluding hydrogens is 329 g/mol. The first-order valence-corrected chi connectivity index (χ1v) is 6.27. The number of aliphatic hydroxyl groups excluding tert-OH is 1. The van der Waals surface area contributed by atoms with E-state index in [0.717, 1.165) is 20.6 Å². The highest BCUT2D eigenvalue weighted by molar-refractivity contribution is 14.1. The van der Waals surface area contributed by atoms with E-state index in [1.807, 2.05) is 37.3 Å². The summed E-state index contributed by atoms with van der Waals surface area (Å²) in [6.45, 7) is 1.87. The van der Waals surface area contributed by atoms with E-state index in [0.29, 0.717) is 5.88 Å². The quantitative estimate of drug-likeness (QED) is 0.872. The number of rotatable bonds is 3. The number of hydrogen-bond donors (Lipinski definition) is 1. The largest absolute Gasteiger partial charge is 0.439 e. The first-order chi connectivity index (χ1) is 8.17. The Labute approximate surface area is 114 Å². The highest BCUT2D eigenvalue weighted by Crippen LogP contribution is 2.21. The fourth-order valence-corrected chi connectivity index (χ4v) is 1.83. The number of pyridine rings is 1. The maximum absolute atomic E-state index is 9.10. The van der Waals surface area contributed by atoms with Crippen LogP contribution in [0.4, 0.5) is 0 Å². The number of halogens is 1. The van der Waals surface area contributed by atoms with Crippen LogP contribution in [0.1, 0.15) is 11.3 Å². The Balaban J connectivity index is 2.23. The van der Waals surface area contributed by atoms with Crippen LogP contribution >= 0.6 is 22.6 Å². The van der Waals surface area contributed by atoms with Gasteiger partial charge in [0.25, 0.3) is 0 Å². The monoisotopic (exact) mass is 341 g/mol. The van der Waals surface area contributed by atoms with E-state index in [1.165, 1.54) is 0 Å². The molecule has 0 atom stereocenters. The molecule has 0 bridgehead atoms. The molecule has 88 valence electrons. The van der Waals surface area contributed by atoms with Crippen LogP contribution in [0.3, 0.4) is 0 Å². The van der Waals surface area contributed by atoms with Crippen molar-refractivity contribution in [2.24, 2.45) is 0 Å². The summed E-state index contributed by atoms with van der Waals surface area (Å²) in [7, 11) is 0. The van der Waals surface area contributed by atoms with Crippen molar-refractivity contribution < 1.29 is 9.84 Å². The minimum atomic E-state index is -0.00753. The van der Waals surface area contributed by atoms with Gasteiger partial charge >= 0.3 is 0 Å². The van der Waals surface area contributed by atoms with Gasteiger partial charge in [-0.1, -0.05) is 0 Å². The zero-order valence-corrected chi connectivity index (χ0v) is 11.5. The summed E-state index contributed by atoms with van der Waals surface area (Å²) in [5.74, 6) is 1.25. The fourth-order valence-electron chi connectivity index (χ4n) is 1.47. The SMILES string of the molecule is Cc1cc(CO)cc(Oc2ccc(I)cc2)n1. The summed E-state index contributed by atoms with van der Waals surface area (Å²) in [6, 6.07) is 11.3. The average Bonchev–Trinajstić information content (AvgIpc) is 2.31. The minimum Gasteiger partial charge on any atom is -0.439 e. The summed E-state index contributed by atoms with van der Waals surface area (Å²) >= 11 is 2.24. The Morgan fingerprint density at radius 3 is 2.59 bits per heavy atom. The fraction of sp³-hybridized carbons (Fsp3) is 0.154. The molecule has 0 fully saturated rings. The molecule has 0 saturated carbocycles. The molecule has 2 aromatic rings. The number of nitrogens with zero attached hydrogens (tertiary/aromatic N) is 1. The number of aliphatic hydroxyl groups is 1. The van der Waals surface area contributed by atoms with Gasteiger partial charge in [-0.15, -0.1) is 0 Å². The summed E-state index contributed by atoms with van der Waals surface area (Å²) < 4.78 is 6.79. The molecule has 1 aromatic carbocycles. The van der Waals surface area contributed by atoms with Crippen LogP contribution in [0, 0.1) is 10.5 Å². The second kappa shape index (κ2) is 5.46. The van der Waals surface area contributed by atoms with E-state index in [4.69, 9.17) is 9.84 Å². The van der Waals surface area contributed by atoms with Gasteiger partial charge in [0.05, 0.1) is 6.61 Å². The first-order valence-electron chi connectivity index (χ1n) is 5.19. The molecule has 0 saturated heterocycles. The first kappa shape index (κ1) is 12.3. The van der Waals surface area contributed by atoms with Crippen molar-refractivity contribution in [2.45, 2.75) is 13.5 Å². The topological polar surface area (TPSA) is 42.4 Å². The van der Waals surface area contributed by atoms with E-state index in [2.05, 4.69) is 27.6 Å². The molecule has 1 heterocycles. The van der Waals surface area contributed by atoms with E-state index in [-0.39, 0.29) is 6.61 Å². The van der Waals surface area contributed by atoms with Gasteiger partial charge in [-0.05, 0) is 65.4 Å². The maximum atomic E-state index is 9.10. The van der Waals surface area contributed by atoms with Gasteiger partial charge in [-0.25, -0.2) is 4.98 Å². The van der Waals surface area contributed by atoms with Crippen LogP contribution in [-0.2, 0) is 6.61 Å². The van der Waals surface area contributed by atoms with Crippen molar-refractivity contribution in [1.82, 2.24) is 4.98 Å². The summed E-state index contributed by atoms with van der Waals surface area (Å²) in [4.78, 5) is 4.26. The summed E-state index contributed by atoms with van der Waals surface area (Å²) in [5.41, 5.74) is 1.63. The molecule has 0 aliphatic heterocycles. The second-order valence-electron chi connectivity index (χ2n) is 3.67. The zero-order valence-electron chi connectivity index (χ0n) is 9.35. The van der Waals surface area contributed by atoms with Crippen LogP contribution in [0.25, 0.3) is 0 Å². The lowest BCUT2D eigenvalue weighted by molar-refractivity contribution is 0.281. The van der Waals surface area contributed by atoms with Crippen molar-refractivity contribution in [3.8, 4) is 11.6 Å². The van der Waals surface area contributed by atoms with Gasteiger partial charge in [0.2, 0.25) is 5.88 Å². The number of aryl methyl sites for hydroxylation is 1. The van der Waals surface area contributed by atoms with Gasteiger partial charge < -0.3 is 9.84 Å². The highest BCUT2D eigenvalue weighted by atomic mass is 127. The third kappa shape index (κ3) is 3.41. The van der Waals surface area contributed by atoms with Gasteiger partial charge in [0.15, 0.2) is 0 Å². The predicted octanol–water partition coefficient (Wildman–Crippen LogP) is 3.28. The van der Waals surface area contributed by atoms with Gasteiger partial charge in [0, 0.05) is 15.3 Å². The zero-order chi connectivity index (χ0) is 12.3. The molecule has 0 radical (unpaired) electrons. The molecule has 3 nitrogen and oxygen atoms in total. The molecule has 0 spiro atoms. The van der Waals surface area contributed by atoms with Crippen molar-refractivity contribution in [3.63, 3.8) is 0 Å². The number of hydrogen-bond acceptors (Lipinski definition) is 3. The normalized spacial score (nSPS) is 10.3. The molecular formula is C13H12INO2. The lowest BCUT2D eigenvalue weighted by Crippen LogP contribution is -1.93. The predicted molar refractivity (Wildman–Crippen MR) is 74.1 cm³/mol. The molecule has 0 aliphatic carbocycles. The Morgan fingerprint density at radius 2 is 1.94 bits per heavy atom. The molecule has 4 heteroatoms. The lowest BCUT2D eigenvalue weighted by Gasteiger charge is -2.07. The Morgan fingerprint density at radius 1 is 1.24 bits per heavy atom. The second-order valence-corrected chi connectivity index (χ2v) is 4.91. The molecule has 1 N–H and O–H groups in total. The minimum absolute atomic E-state index is 0.00753. The van der Waals surface area contributed by atoms with Crippen molar-refractivity contribution in [2.75, 3.05) is 0 Å². The third-order valence-corrected chi connectivity index (χ3v) is 2.93. The van der Waals surface area contributed by atoms with Gasteiger partial charge in [-0.2, -0.15) is 0 Å². The number of aromatic nitrogens is 1. The smallest absolute Gasteiger partial charge is 0.219 e. The van der Waals surface area contributed by atoms with E-state index >= 15 is 0 Å². The molecule has 0 amide bonds.